The minimum Gasteiger partial charge on any atom is -0.469 e. The maximum absolute atomic E-state index is 13.2. The number of carbonyl (C=O) groups excluding carboxylic acids is 2. The number of likely N-dealkylation sites (tertiary alicyclic amines) is 1. The summed E-state index contributed by atoms with van der Waals surface area (Å²) < 4.78 is 6.14. The molecule has 3 rings (SSSR count). The Hall–Kier alpha value is -1.77. The van der Waals surface area contributed by atoms with Gasteiger partial charge in [-0.15, -0.1) is 0 Å². The monoisotopic (exact) mass is 537 g/mol. The highest BCUT2D eigenvalue weighted by molar-refractivity contribution is 9.11. The number of carbonyl (C=O) groups is 2. The highest BCUT2D eigenvalue weighted by atomic mass is 79.9. The Morgan fingerprint density at radius 3 is 2.37 bits per heavy atom. The molecule has 0 saturated carbocycles. The molecule has 1 aromatic carbocycles. The Balaban J connectivity index is 1.70. The van der Waals surface area contributed by atoms with Gasteiger partial charge in [0.15, 0.2) is 5.78 Å². The van der Waals surface area contributed by atoms with Crippen LogP contribution in [0.2, 0.25) is 0 Å². The fourth-order valence-corrected chi connectivity index (χ4v) is 5.07. The number of aromatic nitrogens is 1. The molecule has 30 heavy (non-hydrogen) atoms. The topological polar surface area (TPSA) is 85.5 Å². The molecule has 2 aromatic rings. The lowest BCUT2D eigenvalue weighted by Crippen LogP contribution is -2.39. The lowest BCUT2D eigenvalue weighted by Gasteiger charge is -2.34. The number of piperidine rings is 1. The van der Waals surface area contributed by atoms with Gasteiger partial charge in [0.05, 0.1) is 19.2 Å². The second-order valence-corrected chi connectivity index (χ2v) is 9.26. The van der Waals surface area contributed by atoms with Crippen LogP contribution in [0.4, 0.5) is 5.69 Å². The highest BCUT2D eigenvalue weighted by Crippen LogP contribution is 2.32. The number of nitrogen functional groups attached to an aromatic ring is 1. The molecular formula is C22H25Br2N3O3. The zero-order chi connectivity index (χ0) is 21.7. The van der Waals surface area contributed by atoms with Gasteiger partial charge in [-0.25, -0.2) is 0 Å². The number of halogens is 2. The first-order valence-electron chi connectivity index (χ1n) is 9.86. The first-order valence-corrected chi connectivity index (χ1v) is 11.5. The predicted molar refractivity (Wildman–Crippen MR) is 123 cm³/mol. The van der Waals surface area contributed by atoms with E-state index in [1.165, 1.54) is 12.7 Å². The average molecular weight is 539 g/mol. The van der Waals surface area contributed by atoms with Gasteiger partial charge >= 0.3 is 5.97 Å². The highest BCUT2D eigenvalue weighted by Gasteiger charge is 2.29. The summed E-state index contributed by atoms with van der Waals surface area (Å²) in [4.78, 5) is 31.6. The van der Waals surface area contributed by atoms with Gasteiger partial charge in [-0.3, -0.25) is 14.6 Å². The summed E-state index contributed by atoms with van der Waals surface area (Å²) in [7, 11) is 1.35. The molecule has 0 aliphatic carbocycles. The largest absolute Gasteiger partial charge is 0.469 e. The van der Waals surface area contributed by atoms with Gasteiger partial charge in [0, 0.05) is 39.4 Å². The maximum Gasteiger partial charge on any atom is 0.306 e. The molecule has 1 atom stereocenters. The average Bonchev–Trinajstić information content (AvgIpc) is 2.77. The molecule has 1 aliphatic heterocycles. The van der Waals surface area contributed by atoms with Crippen LogP contribution in [0.25, 0.3) is 0 Å². The van der Waals surface area contributed by atoms with Gasteiger partial charge in [-0.2, -0.15) is 0 Å². The zero-order valence-corrected chi connectivity index (χ0v) is 20.0. The van der Waals surface area contributed by atoms with Crippen molar-refractivity contribution in [3.63, 3.8) is 0 Å². The smallest absolute Gasteiger partial charge is 0.306 e. The Morgan fingerprint density at radius 2 is 1.80 bits per heavy atom. The molecule has 0 spiro atoms. The van der Waals surface area contributed by atoms with Crippen molar-refractivity contribution in [2.75, 3.05) is 32.5 Å². The van der Waals surface area contributed by atoms with Crippen molar-refractivity contribution in [3.05, 3.63) is 56.7 Å². The third-order valence-electron chi connectivity index (χ3n) is 5.62. The fourth-order valence-electron chi connectivity index (χ4n) is 3.88. The minimum absolute atomic E-state index is 0.0548. The van der Waals surface area contributed by atoms with E-state index in [-0.39, 0.29) is 18.2 Å². The number of rotatable bonds is 7. The number of anilines is 1. The summed E-state index contributed by atoms with van der Waals surface area (Å²) in [5.74, 6) is -0.438. The van der Waals surface area contributed by atoms with E-state index < -0.39 is 5.92 Å². The van der Waals surface area contributed by atoms with Gasteiger partial charge in [0.1, 0.15) is 0 Å². The number of benzene rings is 1. The molecule has 0 bridgehead atoms. The molecule has 160 valence electrons. The van der Waals surface area contributed by atoms with Gasteiger partial charge in [-0.05, 0) is 93.5 Å². The normalized spacial score (nSPS) is 16.2. The van der Waals surface area contributed by atoms with Crippen LogP contribution in [-0.4, -0.2) is 48.4 Å². The van der Waals surface area contributed by atoms with Crippen molar-refractivity contribution in [3.8, 4) is 0 Å². The number of esters is 1. The second-order valence-electron chi connectivity index (χ2n) is 7.55. The molecule has 1 aliphatic rings. The van der Waals surface area contributed by atoms with Crippen LogP contribution in [0.3, 0.4) is 0 Å². The minimum atomic E-state index is -0.475. The van der Waals surface area contributed by atoms with Crippen molar-refractivity contribution >= 4 is 49.3 Å². The number of nitrogens with two attached hydrogens (primary N) is 1. The van der Waals surface area contributed by atoms with Crippen LogP contribution in [0.15, 0.2) is 45.6 Å². The molecule has 0 amide bonds. The zero-order valence-electron chi connectivity index (χ0n) is 16.8. The predicted octanol–water partition coefficient (Wildman–Crippen LogP) is 4.43. The molecule has 1 aromatic heterocycles. The Morgan fingerprint density at radius 1 is 1.20 bits per heavy atom. The SMILES string of the molecule is COC(=O)C[C@H](CN1CCC(c2ccncc2)CC1)C(=O)c1cc(Br)c(N)c(Br)c1. The number of hydrogen-bond acceptors (Lipinski definition) is 6. The van der Waals surface area contributed by atoms with Gasteiger partial charge in [0.2, 0.25) is 0 Å². The Labute approximate surface area is 193 Å². The van der Waals surface area contributed by atoms with Gasteiger partial charge in [0.25, 0.3) is 0 Å². The number of ether oxygens (including phenoxy) is 1. The standard InChI is InChI=1S/C22H25Br2N3O3/c1-30-20(28)12-17(22(29)16-10-18(23)21(25)19(24)11-16)13-27-8-4-15(5-9-27)14-2-6-26-7-3-14/h2-3,6-7,10-11,15,17H,4-5,8-9,12-13,25H2,1H3/t17-/m1/s1. The Kier molecular flexibility index (Phi) is 8.02. The van der Waals surface area contributed by atoms with Crippen molar-refractivity contribution < 1.29 is 14.3 Å². The quantitative estimate of drug-likeness (QED) is 0.319. The van der Waals surface area contributed by atoms with Crippen molar-refractivity contribution in [1.82, 2.24) is 9.88 Å². The summed E-state index contributed by atoms with van der Waals surface area (Å²) in [5.41, 5.74) is 8.31. The van der Waals surface area contributed by atoms with Crippen LogP contribution < -0.4 is 5.73 Å². The summed E-state index contributed by atoms with van der Waals surface area (Å²) in [6, 6.07) is 7.56. The Bertz CT molecular complexity index is 877. The van der Waals surface area contributed by atoms with Crippen molar-refractivity contribution in [2.24, 2.45) is 5.92 Å². The maximum atomic E-state index is 13.2. The van der Waals surface area contributed by atoms with E-state index in [0.717, 1.165) is 25.9 Å². The first-order chi connectivity index (χ1) is 14.4. The molecule has 2 heterocycles. The van der Waals surface area contributed by atoms with Crippen LogP contribution in [0, 0.1) is 5.92 Å². The summed E-state index contributed by atoms with van der Waals surface area (Å²) in [5, 5.41) is 0. The number of ketones is 1. The third kappa shape index (κ3) is 5.68. The van der Waals surface area contributed by atoms with E-state index in [2.05, 4.69) is 53.9 Å². The number of Topliss-reactive ketones (excluding diaryl/α,β-unsaturated/α-hetero) is 1. The molecule has 1 saturated heterocycles. The lowest BCUT2D eigenvalue weighted by atomic mass is 9.88. The molecule has 0 radical (unpaired) electrons. The van der Waals surface area contributed by atoms with Gasteiger partial charge in [-0.1, -0.05) is 0 Å². The van der Waals surface area contributed by atoms with E-state index in [0.29, 0.717) is 32.7 Å². The first kappa shape index (κ1) is 22.9. The summed E-state index contributed by atoms with van der Waals surface area (Å²) >= 11 is 6.78. The van der Waals surface area contributed by atoms with Crippen molar-refractivity contribution in [1.29, 1.82) is 0 Å². The fraction of sp³-hybridized carbons (Fsp3) is 0.409. The van der Waals surface area contributed by atoms with Crippen LogP contribution in [0.5, 0.6) is 0 Å². The molecule has 0 unspecified atom stereocenters. The van der Waals surface area contributed by atoms with E-state index >= 15 is 0 Å². The van der Waals surface area contributed by atoms with Crippen LogP contribution in [-0.2, 0) is 9.53 Å². The number of hydrogen-bond donors (Lipinski definition) is 1. The van der Waals surface area contributed by atoms with Gasteiger partial charge < -0.3 is 15.4 Å². The van der Waals surface area contributed by atoms with E-state index in [1.54, 1.807) is 12.1 Å². The van der Waals surface area contributed by atoms with Crippen molar-refractivity contribution in [2.45, 2.75) is 25.2 Å². The van der Waals surface area contributed by atoms with E-state index in [4.69, 9.17) is 10.5 Å². The van der Waals surface area contributed by atoms with E-state index in [9.17, 15) is 9.59 Å². The number of nitrogens with zero attached hydrogens (tertiary/aromatic N) is 2. The molecule has 8 heteroatoms. The van der Waals surface area contributed by atoms with Crippen LogP contribution in [0.1, 0.15) is 41.1 Å². The van der Waals surface area contributed by atoms with Crippen LogP contribution >= 0.6 is 31.9 Å². The number of pyridine rings is 1. The second kappa shape index (κ2) is 10.5. The third-order valence-corrected chi connectivity index (χ3v) is 6.93. The van der Waals surface area contributed by atoms with E-state index in [1.807, 2.05) is 12.4 Å². The summed E-state index contributed by atoms with van der Waals surface area (Å²) in [6.07, 6.45) is 5.74. The number of methoxy groups -OCH3 is 1. The molecule has 1 fully saturated rings. The molecular weight excluding hydrogens is 514 g/mol. The molecule has 6 nitrogen and oxygen atoms in total. The lowest BCUT2D eigenvalue weighted by molar-refractivity contribution is -0.141. The summed E-state index contributed by atoms with van der Waals surface area (Å²) in [6.45, 7) is 2.29. The molecule has 2 N–H and O–H groups in total.